The van der Waals surface area contributed by atoms with E-state index >= 15 is 0 Å². The summed E-state index contributed by atoms with van der Waals surface area (Å²) < 4.78 is 15.4. The number of benzene rings is 1. The second kappa shape index (κ2) is 11.0. The summed E-state index contributed by atoms with van der Waals surface area (Å²) >= 11 is 0. The van der Waals surface area contributed by atoms with Crippen molar-refractivity contribution in [2.24, 2.45) is 0 Å². The SMILES string of the molecule is CCCCN1C(=O)c2ccc(C(=O)OCC(=O)Nc3oc(C)c(C(C)=O)c3C(=O)OCC)cc2C1=O. The Morgan fingerprint density at radius 1 is 0.972 bits per heavy atom. The van der Waals surface area contributed by atoms with Crippen molar-refractivity contribution >= 4 is 41.3 Å². The molecule has 11 heteroatoms. The summed E-state index contributed by atoms with van der Waals surface area (Å²) in [7, 11) is 0. The summed E-state index contributed by atoms with van der Waals surface area (Å²) in [6.07, 6.45) is 1.47. The fourth-order valence-electron chi connectivity index (χ4n) is 3.77. The molecule has 1 aromatic heterocycles. The number of anilines is 1. The highest BCUT2D eigenvalue weighted by Gasteiger charge is 2.35. The van der Waals surface area contributed by atoms with Crippen molar-refractivity contribution in [3.8, 4) is 0 Å². The van der Waals surface area contributed by atoms with Crippen LogP contribution >= 0.6 is 0 Å². The van der Waals surface area contributed by atoms with Crippen molar-refractivity contribution in [3.05, 3.63) is 51.8 Å². The zero-order valence-corrected chi connectivity index (χ0v) is 20.4. The Morgan fingerprint density at radius 2 is 1.67 bits per heavy atom. The molecule has 0 unspecified atom stereocenters. The number of ketones is 1. The van der Waals surface area contributed by atoms with Gasteiger partial charge < -0.3 is 13.9 Å². The minimum Gasteiger partial charge on any atom is -0.462 e. The Bertz CT molecular complexity index is 1260. The van der Waals surface area contributed by atoms with Gasteiger partial charge in [-0.25, -0.2) is 9.59 Å². The molecule has 0 radical (unpaired) electrons. The largest absolute Gasteiger partial charge is 0.462 e. The Balaban J connectivity index is 1.70. The minimum atomic E-state index is -0.897. The molecule has 1 aliphatic heterocycles. The monoisotopic (exact) mass is 498 g/mol. The predicted octanol–water partition coefficient (Wildman–Crippen LogP) is 3.16. The maximum atomic E-state index is 12.6. The first kappa shape index (κ1) is 26.3. The van der Waals surface area contributed by atoms with Gasteiger partial charge in [-0.1, -0.05) is 13.3 Å². The van der Waals surface area contributed by atoms with Gasteiger partial charge in [0.1, 0.15) is 11.3 Å². The van der Waals surface area contributed by atoms with Crippen molar-refractivity contribution in [3.63, 3.8) is 0 Å². The average Bonchev–Trinajstić information content (AvgIpc) is 3.29. The van der Waals surface area contributed by atoms with Crippen molar-refractivity contribution in [1.82, 2.24) is 4.90 Å². The van der Waals surface area contributed by atoms with Gasteiger partial charge in [-0.15, -0.1) is 0 Å². The van der Waals surface area contributed by atoms with Crippen LogP contribution in [-0.2, 0) is 14.3 Å². The Morgan fingerprint density at radius 3 is 2.31 bits per heavy atom. The van der Waals surface area contributed by atoms with Crippen molar-refractivity contribution in [1.29, 1.82) is 0 Å². The molecule has 0 spiro atoms. The van der Waals surface area contributed by atoms with Gasteiger partial charge in [0.2, 0.25) is 5.88 Å². The first-order valence-electron chi connectivity index (χ1n) is 11.4. The minimum absolute atomic E-state index is 0.0139. The van der Waals surface area contributed by atoms with E-state index in [2.05, 4.69) is 5.32 Å². The van der Waals surface area contributed by atoms with Gasteiger partial charge in [-0.2, -0.15) is 0 Å². The van der Waals surface area contributed by atoms with E-state index in [0.717, 1.165) is 11.3 Å². The maximum absolute atomic E-state index is 12.6. The molecule has 2 aromatic rings. The molecular weight excluding hydrogens is 472 g/mol. The van der Waals surface area contributed by atoms with Crippen LogP contribution in [0.15, 0.2) is 22.6 Å². The number of carbonyl (C=O) groups excluding carboxylic acids is 6. The average molecular weight is 498 g/mol. The number of carbonyl (C=O) groups is 6. The van der Waals surface area contributed by atoms with E-state index in [9.17, 15) is 28.8 Å². The number of hydrogen-bond acceptors (Lipinski definition) is 9. The number of esters is 2. The van der Waals surface area contributed by atoms with Gasteiger partial charge in [0.15, 0.2) is 12.4 Å². The summed E-state index contributed by atoms with van der Waals surface area (Å²) in [5.41, 5.74) is 0.0326. The lowest BCUT2D eigenvalue weighted by atomic mass is 10.1. The number of unbranched alkanes of at least 4 members (excludes halogenated alkanes) is 1. The summed E-state index contributed by atoms with van der Waals surface area (Å²) in [5.74, 6) is -4.13. The summed E-state index contributed by atoms with van der Waals surface area (Å²) in [4.78, 5) is 75.4. The summed E-state index contributed by atoms with van der Waals surface area (Å²) in [5, 5.41) is 2.31. The molecule has 0 saturated heterocycles. The smallest absolute Gasteiger partial charge is 0.344 e. The number of ether oxygens (including phenoxy) is 2. The number of nitrogens with one attached hydrogen (secondary N) is 1. The van der Waals surface area contributed by atoms with E-state index in [-0.39, 0.29) is 52.6 Å². The Kier molecular flexibility index (Phi) is 8.03. The quantitative estimate of drug-likeness (QED) is 0.296. The van der Waals surface area contributed by atoms with Gasteiger partial charge in [-0.05, 0) is 45.4 Å². The molecule has 0 aliphatic carbocycles. The fraction of sp³-hybridized carbons (Fsp3) is 0.360. The first-order valence-corrected chi connectivity index (χ1v) is 11.4. The van der Waals surface area contributed by atoms with Crippen molar-refractivity contribution in [2.75, 3.05) is 25.1 Å². The maximum Gasteiger partial charge on any atom is 0.344 e. The topological polar surface area (TPSA) is 149 Å². The standard InChI is InChI=1S/C25H26N2O9/c1-5-7-10-27-22(30)16-9-8-15(11-17(16)23(27)31)24(32)35-12-18(29)26-21-20(25(33)34-6-2)19(13(3)28)14(4)36-21/h8-9,11H,5-7,10,12H2,1-4H3,(H,26,29). The lowest BCUT2D eigenvalue weighted by Crippen LogP contribution is -2.30. The fourth-order valence-corrected chi connectivity index (χ4v) is 3.77. The third-order valence-electron chi connectivity index (χ3n) is 5.44. The van der Waals surface area contributed by atoms with Crippen LogP contribution in [0.25, 0.3) is 0 Å². The van der Waals surface area contributed by atoms with Crippen LogP contribution in [-0.4, -0.2) is 60.1 Å². The molecule has 1 aliphatic rings. The second-order valence-electron chi connectivity index (χ2n) is 8.01. The highest BCUT2D eigenvalue weighted by molar-refractivity contribution is 6.22. The molecule has 3 amide bonds. The number of Topliss-reactive ketones (excluding diaryl/α,β-unsaturated/α-hetero) is 1. The van der Waals surface area contributed by atoms with Crippen LogP contribution in [0.3, 0.4) is 0 Å². The van der Waals surface area contributed by atoms with Gasteiger partial charge >= 0.3 is 11.9 Å². The number of fused-ring (bicyclic) bond motifs is 1. The van der Waals surface area contributed by atoms with Crippen LogP contribution in [0.2, 0.25) is 0 Å². The third kappa shape index (κ3) is 5.19. The van der Waals surface area contributed by atoms with Gasteiger partial charge in [0.05, 0.1) is 28.9 Å². The molecule has 36 heavy (non-hydrogen) atoms. The number of aryl methyl sites for hydroxylation is 1. The van der Waals surface area contributed by atoms with Crippen LogP contribution in [0.4, 0.5) is 5.88 Å². The van der Waals surface area contributed by atoms with Crippen molar-refractivity contribution < 1.29 is 42.7 Å². The Labute approximate surface area is 206 Å². The molecule has 0 saturated carbocycles. The lowest BCUT2D eigenvalue weighted by molar-refractivity contribution is -0.119. The molecule has 0 fully saturated rings. The number of hydrogen-bond donors (Lipinski definition) is 1. The summed E-state index contributed by atoms with van der Waals surface area (Å²) in [6, 6.07) is 3.97. The number of rotatable bonds is 10. The number of nitrogens with zero attached hydrogens (tertiary/aromatic N) is 1. The van der Waals surface area contributed by atoms with Crippen molar-refractivity contribution in [2.45, 2.75) is 40.5 Å². The predicted molar refractivity (Wildman–Crippen MR) is 125 cm³/mol. The number of furan rings is 1. The van der Waals surface area contributed by atoms with E-state index in [1.807, 2.05) is 6.92 Å². The highest BCUT2D eigenvalue weighted by atomic mass is 16.5. The van der Waals surface area contributed by atoms with Gasteiger partial charge in [0, 0.05) is 6.54 Å². The van der Waals surface area contributed by atoms with Crippen LogP contribution in [0.1, 0.15) is 91.2 Å². The van der Waals surface area contributed by atoms with E-state index in [4.69, 9.17) is 13.9 Å². The van der Waals surface area contributed by atoms with Gasteiger partial charge in [0.25, 0.3) is 17.7 Å². The van der Waals surface area contributed by atoms with E-state index in [0.29, 0.717) is 6.42 Å². The molecule has 1 N–H and O–H groups in total. The molecule has 3 rings (SSSR count). The molecule has 11 nitrogen and oxygen atoms in total. The van der Waals surface area contributed by atoms with Crippen LogP contribution in [0.5, 0.6) is 0 Å². The normalized spacial score (nSPS) is 12.4. The molecule has 1 aromatic carbocycles. The van der Waals surface area contributed by atoms with Crippen LogP contribution in [0, 0.1) is 6.92 Å². The highest BCUT2D eigenvalue weighted by Crippen LogP contribution is 2.29. The number of imide groups is 1. The van der Waals surface area contributed by atoms with E-state index in [1.54, 1.807) is 6.92 Å². The zero-order valence-electron chi connectivity index (χ0n) is 20.4. The van der Waals surface area contributed by atoms with E-state index < -0.39 is 42.1 Å². The van der Waals surface area contributed by atoms with E-state index in [1.165, 1.54) is 32.0 Å². The zero-order chi connectivity index (χ0) is 26.6. The second-order valence-corrected chi connectivity index (χ2v) is 8.01. The third-order valence-corrected chi connectivity index (χ3v) is 5.44. The summed E-state index contributed by atoms with van der Waals surface area (Å²) in [6.45, 7) is 5.80. The Hall–Kier alpha value is -4.28. The number of amides is 3. The first-order chi connectivity index (χ1) is 17.1. The van der Waals surface area contributed by atoms with Gasteiger partial charge in [-0.3, -0.25) is 29.4 Å². The molecule has 0 atom stereocenters. The van der Waals surface area contributed by atoms with Crippen LogP contribution < -0.4 is 5.32 Å². The molecule has 2 heterocycles. The molecule has 190 valence electrons. The lowest BCUT2D eigenvalue weighted by Gasteiger charge is -2.12. The molecule has 0 bridgehead atoms. The molecular formula is C25H26N2O9.